The van der Waals surface area contributed by atoms with Crippen LogP contribution >= 0.6 is 11.8 Å². The minimum absolute atomic E-state index is 0.745. The molecule has 0 fully saturated rings. The molecular weight excluding hydrogens is 230 g/mol. The van der Waals surface area contributed by atoms with Crippen LogP contribution in [0, 0.1) is 0 Å². The van der Waals surface area contributed by atoms with E-state index in [1.54, 1.807) is 11.8 Å². The van der Waals surface area contributed by atoms with Gasteiger partial charge >= 0.3 is 0 Å². The molecule has 88 valence electrons. The van der Waals surface area contributed by atoms with E-state index in [0.29, 0.717) is 0 Å². The number of benzene rings is 1. The van der Waals surface area contributed by atoms with E-state index in [2.05, 4.69) is 34.2 Å². The van der Waals surface area contributed by atoms with Gasteiger partial charge in [-0.25, -0.2) is 9.97 Å². The maximum Gasteiger partial charge on any atom is 0.224 e. The van der Waals surface area contributed by atoms with Gasteiger partial charge in [-0.15, -0.1) is 11.8 Å². The smallest absolute Gasteiger partial charge is 0.224 e. The van der Waals surface area contributed by atoms with Crippen molar-refractivity contribution >= 4 is 17.7 Å². The lowest BCUT2D eigenvalue weighted by Crippen LogP contribution is -2.12. The summed E-state index contributed by atoms with van der Waals surface area (Å²) >= 11 is 1.75. The molecule has 0 aliphatic rings. The first-order valence-electron chi connectivity index (χ1n) is 5.42. The number of aromatic nitrogens is 2. The Morgan fingerprint density at radius 1 is 1.06 bits per heavy atom. The first-order chi connectivity index (χ1) is 8.25. The maximum atomic E-state index is 4.28. The minimum Gasteiger partial charge on any atom is -0.347 e. The average Bonchev–Trinajstić information content (AvgIpc) is 2.38. The molecule has 1 aromatic heterocycles. The maximum absolute atomic E-state index is 4.28. The van der Waals surface area contributed by atoms with Gasteiger partial charge in [0.25, 0.3) is 0 Å². The number of nitrogens with zero attached hydrogens (tertiary/aromatic N) is 3. The van der Waals surface area contributed by atoms with Crippen molar-refractivity contribution in [3.05, 3.63) is 48.3 Å². The second kappa shape index (κ2) is 5.68. The van der Waals surface area contributed by atoms with E-state index in [1.807, 2.05) is 37.5 Å². The molecule has 1 heterocycles. The Bertz CT molecular complexity index is 454. The summed E-state index contributed by atoms with van der Waals surface area (Å²) in [5.74, 6) is 1.69. The Labute approximate surface area is 106 Å². The van der Waals surface area contributed by atoms with Gasteiger partial charge in [0.15, 0.2) is 0 Å². The standard InChI is InChI=1S/C13H15N3S/c1-16(2)13-14-8-12(9-15-13)17-10-11-6-4-3-5-7-11/h3-9H,10H2,1-2H3. The van der Waals surface area contributed by atoms with Crippen molar-refractivity contribution < 1.29 is 0 Å². The molecule has 4 heteroatoms. The predicted octanol–water partition coefficient (Wildman–Crippen LogP) is 2.83. The highest BCUT2D eigenvalue weighted by atomic mass is 32.2. The van der Waals surface area contributed by atoms with E-state index in [0.717, 1.165) is 16.6 Å². The SMILES string of the molecule is CN(C)c1ncc(SCc2ccccc2)cn1. The van der Waals surface area contributed by atoms with Gasteiger partial charge in [-0.2, -0.15) is 0 Å². The number of anilines is 1. The molecule has 0 saturated heterocycles. The van der Waals surface area contributed by atoms with E-state index in [9.17, 15) is 0 Å². The third kappa shape index (κ3) is 3.46. The van der Waals surface area contributed by atoms with Crippen LogP contribution < -0.4 is 4.90 Å². The summed E-state index contributed by atoms with van der Waals surface area (Å²) in [5.41, 5.74) is 1.31. The second-order valence-electron chi connectivity index (χ2n) is 3.89. The molecule has 0 N–H and O–H groups in total. The molecule has 0 unspecified atom stereocenters. The van der Waals surface area contributed by atoms with Crippen LogP contribution in [0.2, 0.25) is 0 Å². The lowest BCUT2D eigenvalue weighted by atomic mass is 10.2. The van der Waals surface area contributed by atoms with E-state index < -0.39 is 0 Å². The zero-order chi connectivity index (χ0) is 12.1. The number of rotatable bonds is 4. The Morgan fingerprint density at radius 3 is 2.29 bits per heavy atom. The van der Waals surface area contributed by atoms with E-state index in [4.69, 9.17) is 0 Å². The van der Waals surface area contributed by atoms with Crippen molar-refractivity contribution in [3.8, 4) is 0 Å². The van der Waals surface area contributed by atoms with Crippen LogP contribution in [0.1, 0.15) is 5.56 Å². The van der Waals surface area contributed by atoms with Crippen molar-refractivity contribution in [2.24, 2.45) is 0 Å². The summed E-state index contributed by atoms with van der Waals surface area (Å²) in [7, 11) is 3.87. The second-order valence-corrected chi connectivity index (χ2v) is 4.94. The molecule has 0 aliphatic heterocycles. The Balaban J connectivity index is 1.96. The van der Waals surface area contributed by atoms with Crippen molar-refractivity contribution in [2.45, 2.75) is 10.6 Å². The topological polar surface area (TPSA) is 29.0 Å². The fraction of sp³-hybridized carbons (Fsp3) is 0.231. The van der Waals surface area contributed by atoms with Crippen LogP contribution in [0.25, 0.3) is 0 Å². The van der Waals surface area contributed by atoms with Gasteiger partial charge < -0.3 is 4.90 Å². The number of thioether (sulfide) groups is 1. The summed E-state index contributed by atoms with van der Waals surface area (Å²) in [5, 5.41) is 0. The van der Waals surface area contributed by atoms with E-state index in [-0.39, 0.29) is 0 Å². The van der Waals surface area contributed by atoms with Crippen LogP contribution in [-0.4, -0.2) is 24.1 Å². The van der Waals surface area contributed by atoms with Crippen LogP contribution in [0.4, 0.5) is 5.95 Å². The highest BCUT2D eigenvalue weighted by Gasteiger charge is 2.00. The first-order valence-corrected chi connectivity index (χ1v) is 6.40. The third-order valence-corrected chi connectivity index (χ3v) is 3.28. The van der Waals surface area contributed by atoms with Gasteiger partial charge in [0, 0.05) is 37.1 Å². The fourth-order valence-corrected chi connectivity index (χ4v) is 2.14. The molecule has 0 atom stereocenters. The molecule has 3 nitrogen and oxygen atoms in total. The summed E-state index contributed by atoms with van der Waals surface area (Å²) in [6.07, 6.45) is 3.74. The fourth-order valence-electron chi connectivity index (χ4n) is 1.36. The van der Waals surface area contributed by atoms with Crippen LogP contribution in [0.3, 0.4) is 0 Å². The predicted molar refractivity (Wildman–Crippen MR) is 72.4 cm³/mol. The van der Waals surface area contributed by atoms with Crippen molar-refractivity contribution in [3.63, 3.8) is 0 Å². The summed E-state index contributed by atoms with van der Waals surface area (Å²) in [6, 6.07) is 10.4. The molecule has 2 aromatic rings. The minimum atomic E-state index is 0.745. The van der Waals surface area contributed by atoms with Crippen LogP contribution in [0.5, 0.6) is 0 Å². The highest BCUT2D eigenvalue weighted by Crippen LogP contribution is 2.21. The molecule has 0 amide bonds. The molecule has 0 aliphatic carbocycles. The molecule has 17 heavy (non-hydrogen) atoms. The van der Waals surface area contributed by atoms with E-state index >= 15 is 0 Å². The van der Waals surface area contributed by atoms with Gasteiger partial charge in [-0.05, 0) is 5.56 Å². The molecular formula is C13H15N3S. The van der Waals surface area contributed by atoms with E-state index in [1.165, 1.54) is 5.56 Å². The zero-order valence-electron chi connectivity index (χ0n) is 10.00. The van der Waals surface area contributed by atoms with Gasteiger partial charge in [-0.1, -0.05) is 30.3 Å². The number of hydrogen-bond donors (Lipinski definition) is 0. The monoisotopic (exact) mass is 245 g/mol. The Hall–Kier alpha value is -1.55. The van der Waals surface area contributed by atoms with Gasteiger partial charge in [-0.3, -0.25) is 0 Å². The summed E-state index contributed by atoms with van der Waals surface area (Å²) in [4.78, 5) is 11.6. The van der Waals surface area contributed by atoms with Crippen molar-refractivity contribution in [1.82, 2.24) is 9.97 Å². The quantitative estimate of drug-likeness (QED) is 0.775. The summed E-state index contributed by atoms with van der Waals surface area (Å²) in [6.45, 7) is 0. The Morgan fingerprint density at radius 2 is 1.71 bits per heavy atom. The van der Waals surface area contributed by atoms with Crippen molar-refractivity contribution in [1.29, 1.82) is 0 Å². The average molecular weight is 245 g/mol. The van der Waals surface area contributed by atoms with Gasteiger partial charge in [0.2, 0.25) is 5.95 Å². The third-order valence-electron chi connectivity index (χ3n) is 2.26. The largest absolute Gasteiger partial charge is 0.347 e. The molecule has 0 saturated carbocycles. The molecule has 0 radical (unpaired) electrons. The van der Waals surface area contributed by atoms with Gasteiger partial charge in [0.05, 0.1) is 0 Å². The van der Waals surface area contributed by atoms with Gasteiger partial charge in [0.1, 0.15) is 0 Å². The normalized spacial score (nSPS) is 10.2. The molecule has 0 spiro atoms. The Kier molecular flexibility index (Phi) is 3.98. The molecule has 2 rings (SSSR count). The summed E-state index contributed by atoms with van der Waals surface area (Å²) < 4.78 is 0. The number of hydrogen-bond acceptors (Lipinski definition) is 4. The zero-order valence-corrected chi connectivity index (χ0v) is 10.8. The lowest BCUT2D eigenvalue weighted by molar-refractivity contribution is 0.976. The van der Waals surface area contributed by atoms with Crippen LogP contribution in [-0.2, 0) is 5.75 Å². The molecule has 0 bridgehead atoms. The highest BCUT2D eigenvalue weighted by molar-refractivity contribution is 7.98. The first kappa shape index (κ1) is 11.9. The lowest BCUT2D eigenvalue weighted by Gasteiger charge is -2.09. The van der Waals surface area contributed by atoms with Crippen molar-refractivity contribution in [2.75, 3.05) is 19.0 Å². The molecule has 1 aromatic carbocycles. The van der Waals surface area contributed by atoms with Crippen LogP contribution in [0.15, 0.2) is 47.6 Å².